The van der Waals surface area contributed by atoms with Crippen LogP contribution in [-0.4, -0.2) is 13.1 Å². The molecule has 0 atom stereocenters. The molecule has 0 radical (unpaired) electrons. The second-order valence-electron chi connectivity index (χ2n) is 5.32. The molecule has 3 rings (SSSR count). The Morgan fingerprint density at radius 1 is 1.28 bits per heavy atom. The molecule has 1 heterocycles. The molecule has 0 spiro atoms. The summed E-state index contributed by atoms with van der Waals surface area (Å²) in [6.45, 7) is 2.38. The van der Waals surface area contributed by atoms with E-state index in [1.807, 2.05) is 37.3 Å². The van der Waals surface area contributed by atoms with Crippen molar-refractivity contribution in [3.8, 4) is 5.75 Å². The van der Waals surface area contributed by atoms with Crippen LogP contribution in [0.15, 0.2) is 51.9 Å². The van der Waals surface area contributed by atoms with Crippen molar-refractivity contribution in [2.75, 3.05) is 12.4 Å². The molecule has 5 nitrogen and oxygen atoms in total. The van der Waals surface area contributed by atoms with Gasteiger partial charge in [-0.1, -0.05) is 29.8 Å². The van der Waals surface area contributed by atoms with Gasteiger partial charge in [-0.05, 0) is 31.2 Å². The van der Waals surface area contributed by atoms with Crippen molar-refractivity contribution in [2.24, 2.45) is 10.7 Å². The van der Waals surface area contributed by atoms with E-state index in [0.29, 0.717) is 17.3 Å². The van der Waals surface area contributed by atoms with Gasteiger partial charge in [-0.2, -0.15) is 0 Å². The molecule has 0 aliphatic rings. The van der Waals surface area contributed by atoms with Gasteiger partial charge in [0.05, 0.1) is 12.1 Å². The number of nitrogens with zero attached hydrogens (tertiary/aromatic N) is 1. The Balaban J connectivity index is 0.00000225. The quantitative estimate of drug-likeness (QED) is 0.321. The highest BCUT2D eigenvalue weighted by Gasteiger charge is 2.09. The van der Waals surface area contributed by atoms with Crippen LogP contribution < -0.4 is 15.8 Å². The molecular formula is C18H19ClIN3O2. The number of fused-ring (bicyclic) bond motifs is 1. The molecule has 0 amide bonds. The highest BCUT2D eigenvalue weighted by atomic mass is 127. The van der Waals surface area contributed by atoms with E-state index in [0.717, 1.165) is 28.0 Å². The lowest BCUT2D eigenvalue weighted by atomic mass is 10.1. The monoisotopic (exact) mass is 471 g/mol. The number of anilines is 1. The van der Waals surface area contributed by atoms with Crippen LogP contribution in [0.5, 0.6) is 5.75 Å². The Kier molecular flexibility index (Phi) is 6.55. The van der Waals surface area contributed by atoms with Gasteiger partial charge in [-0.3, -0.25) is 0 Å². The van der Waals surface area contributed by atoms with E-state index in [2.05, 4.69) is 10.3 Å². The maximum Gasteiger partial charge on any atom is 0.193 e. The van der Waals surface area contributed by atoms with Gasteiger partial charge in [0.2, 0.25) is 0 Å². The third-order valence-electron chi connectivity index (χ3n) is 3.76. The molecule has 0 bridgehead atoms. The lowest BCUT2D eigenvalue weighted by molar-refractivity contribution is 0.415. The van der Waals surface area contributed by atoms with E-state index in [1.54, 1.807) is 19.2 Å². The molecular weight excluding hydrogens is 453 g/mol. The fourth-order valence-electron chi connectivity index (χ4n) is 2.46. The van der Waals surface area contributed by atoms with E-state index in [9.17, 15) is 0 Å². The minimum atomic E-state index is 0. The second-order valence-corrected chi connectivity index (χ2v) is 5.73. The summed E-state index contributed by atoms with van der Waals surface area (Å²) in [5.41, 5.74) is 8.61. The lowest BCUT2D eigenvalue weighted by Crippen LogP contribution is -2.22. The van der Waals surface area contributed by atoms with Gasteiger partial charge in [0.15, 0.2) is 5.96 Å². The molecule has 132 valence electrons. The van der Waals surface area contributed by atoms with Gasteiger partial charge in [-0.25, -0.2) is 4.99 Å². The molecule has 0 unspecified atom stereocenters. The van der Waals surface area contributed by atoms with Crippen LogP contribution in [0.25, 0.3) is 11.0 Å². The summed E-state index contributed by atoms with van der Waals surface area (Å²) in [5, 5.41) is 4.60. The zero-order chi connectivity index (χ0) is 17.1. The Morgan fingerprint density at radius 3 is 2.72 bits per heavy atom. The van der Waals surface area contributed by atoms with Crippen LogP contribution in [0, 0.1) is 6.92 Å². The smallest absolute Gasteiger partial charge is 0.193 e. The molecule has 3 N–H and O–H groups in total. The number of benzene rings is 2. The van der Waals surface area contributed by atoms with Gasteiger partial charge in [0.25, 0.3) is 0 Å². The summed E-state index contributed by atoms with van der Waals surface area (Å²) >= 11 is 6.09. The highest BCUT2D eigenvalue weighted by Crippen LogP contribution is 2.27. The van der Waals surface area contributed by atoms with Gasteiger partial charge in [-0.15, -0.1) is 24.0 Å². The van der Waals surface area contributed by atoms with Crippen molar-refractivity contribution in [3.63, 3.8) is 0 Å². The molecule has 0 aliphatic carbocycles. The average Bonchev–Trinajstić information content (AvgIpc) is 2.90. The molecule has 1 aromatic heterocycles. The van der Waals surface area contributed by atoms with Crippen LogP contribution in [-0.2, 0) is 6.54 Å². The van der Waals surface area contributed by atoms with Gasteiger partial charge < -0.3 is 20.2 Å². The van der Waals surface area contributed by atoms with Crippen LogP contribution in [0.3, 0.4) is 0 Å². The maximum atomic E-state index is 6.09. The molecule has 7 heteroatoms. The van der Waals surface area contributed by atoms with Crippen molar-refractivity contribution in [2.45, 2.75) is 13.5 Å². The zero-order valence-corrected chi connectivity index (χ0v) is 17.0. The summed E-state index contributed by atoms with van der Waals surface area (Å²) < 4.78 is 10.9. The number of nitrogens with two attached hydrogens (primary N) is 1. The Hall–Kier alpha value is -1.93. The highest BCUT2D eigenvalue weighted by molar-refractivity contribution is 14.0. The first-order valence-electron chi connectivity index (χ1n) is 7.46. The minimum Gasteiger partial charge on any atom is -0.495 e. The first kappa shape index (κ1) is 19.4. The second kappa shape index (κ2) is 8.44. The molecule has 25 heavy (non-hydrogen) atoms. The Morgan fingerprint density at radius 2 is 2.04 bits per heavy atom. The van der Waals surface area contributed by atoms with E-state index < -0.39 is 0 Å². The lowest BCUT2D eigenvalue weighted by Gasteiger charge is -2.08. The number of guanidine groups is 1. The zero-order valence-electron chi connectivity index (χ0n) is 13.9. The van der Waals surface area contributed by atoms with E-state index >= 15 is 0 Å². The third kappa shape index (κ3) is 4.38. The standard InChI is InChI=1S/C18H18ClN3O2.HI/c1-11-13-5-3-4-6-15(13)24-17(11)10-21-18(20)22-12-7-8-16(23-2)14(19)9-12;/h3-9H,10H2,1-2H3,(H3,20,21,22);1H. The summed E-state index contributed by atoms with van der Waals surface area (Å²) in [7, 11) is 1.57. The predicted octanol–water partition coefficient (Wildman–Crippen LogP) is 4.95. The topological polar surface area (TPSA) is 72.8 Å². The van der Waals surface area contributed by atoms with E-state index in [-0.39, 0.29) is 29.9 Å². The predicted molar refractivity (Wildman–Crippen MR) is 113 cm³/mol. The number of nitrogens with one attached hydrogen (secondary N) is 1. The number of hydrogen-bond donors (Lipinski definition) is 2. The number of hydrogen-bond acceptors (Lipinski definition) is 3. The van der Waals surface area contributed by atoms with Crippen molar-refractivity contribution < 1.29 is 9.15 Å². The summed E-state index contributed by atoms with van der Waals surface area (Å²) in [6.07, 6.45) is 0. The van der Waals surface area contributed by atoms with Crippen molar-refractivity contribution in [1.82, 2.24) is 0 Å². The van der Waals surface area contributed by atoms with E-state index in [1.165, 1.54) is 0 Å². The number of rotatable bonds is 4. The number of ether oxygens (including phenoxy) is 1. The Bertz CT molecular complexity index is 908. The summed E-state index contributed by atoms with van der Waals surface area (Å²) in [6, 6.07) is 13.2. The van der Waals surface area contributed by atoms with Crippen molar-refractivity contribution in [3.05, 3.63) is 58.8 Å². The molecule has 0 fully saturated rings. The normalized spacial score (nSPS) is 11.2. The fraction of sp³-hybridized carbons (Fsp3) is 0.167. The van der Waals surface area contributed by atoms with Gasteiger partial charge in [0, 0.05) is 16.6 Å². The Labute approximate surface area is 168 Å². The number of halogens is 2. The van der Waals surface area contributed by atoms with Crippen LogP contribution in [0.4, 0.5) is 5.69 Å². The maximum absolute atomic E-state index is 6.09. The van der Waals surface area contributed by atoms with Crippen molar-refractivity contribution in [1.29, 1.82) is 0 Å². The molecule has 0 saturated heterocycles. The van der Waals surface area contributed by atoms with Gasteiger partial charge in [0.1, 0.15) is 23.6 Å². The SMILES string of the molecule is COc1ccc(NC(N)=NCc2oc3ccccc3c2C)cc1Cl.I. The fourth-order valence-corrected chi connectivity index (χ4v) is 2.72. The molecule has 3 aromatic rings. The largest absolute Gasteiger partial charge is 0.495 e. The van der Waals surface area contributed by atoms with Crippen LogP contribution >= 0.6 is 35.6 Å². The number of furan rings is 1. The van der Waals surface area contributed by atoms with Crippen molar-refractivity contribution >= 4 is 58.2 Å². The van der Waals surface area contributed by atoms with Gasteiger partial charge >= 0.3 is 0 Å². The third-order valence-corrected chi connectivity index (χ3v) is 4.06. The van der Waals surface area contributed by atoms with Crippen LogP contribution in [0.2, 0.25) is 5.02 Å². The first-order chi connectivity index (χ1) is 11.6. The molecule has 0 saturated carbocycles. The first-order valence-corrected chi connectivity index (χ1v) is 7.84. The van der Waals surface area contributed by atoms with Crippen LogP contribution in [0.1, 0.15) is 11.3 Å². The average molecular weight is 472 g/mol. The number of aryl methyl sites for hydroxylation is 1. The summed E-state index contributed by atoms with van der Waals surface area (Å²) in [4.78, 5) is 4.33. The number of para-hydroxylation sites is 1. The van der Waals surface area contributed by atoms with E-state index in [4.69, 9.17) is 26.5 Å². The molecule has 0 aliphatic heterocycles. The molecule has 2 aromatic carbocycles. The summed E-state index contributed by atoms with van der Waals surface area (Å²) in [5.74, 6) is 1.69. The minimum absolute atomic E-state index is 0. The number of methoxy groups -OCH3 is 1. The number of aliphatic imine (C=N–C) groups is 1.